The highest BCUT2D eigenvalue weighted by atomic mass is 79.9. The van der Waals surface area contributed by atoms with E-state index in [2.05, 4.69) is 39.6 Å². The van der Waals surface area contributed by atoms with Crippen LogP contribution in [0.3, 0.4) is 0 Å². The summed E-state index contributed by atoms with van der Waals surface area (Å²) in [7, 11) is 0. The summed E-state index contributed by atoms with van der Waals surface area (Å²) in [4.78, 5) is 1.31. The molecule has 0 saturated carbocycles. The summed E-state index contributed by atoms with van der Waals surface area (Å²) in [6.45, 7) is 2.96. The number of hydrogen-bond acceptors (Lipinski definition) is 3. The second kappa shape index (κ2) is 4.96. The van der Waals surface area contributed by atoms with Crippen LogP contribution >= 0.6 is 27.3 Å². The Kier molecular flexibility index (Phi) is 3.61. The molecule has 15 heavy (non-hydrogen) atoms. The van der Waals surface area contributed by atoms with E-state index in [0.29, 0.717) is 0 Å². The third kappa shape index (κ3) is 2.71. The Morgan fingerprint density at radius 3 is 3.00 bits per heavy atom. The lowest BCUT2D eigenvalue weighted by Crippen LogP contribution is -2.17. The molecule has 2 aromatic heterocycles. The molecule has 2 rings (SSSR count). The van der Waals surface area contributed by atoms with Gasteiger partial charge in [0.2, 0.25) is 0 Å². The van der Waals surface area contributed by atoms with E-state index in [9.17, 15) is 0 Å². The van der Waals surface area contributed by atoms with E-state index in [4.69, 9.17) is 4.42 Å². The van der Waals surface area contributed by atoms with E-state index in [1.165, 1.54) is 9.35 Å². The lowest BCUT2D eigenvalue weighted by molar-refractivity contribution is 0.431. The molecule has 0 aliphatic carbocycles. The average Bonchev–Trinajstić information content (AvgIpc) is 2.85. The Morgan fingerprint density at radius 1 is 1.53 bits per heavy atom. The molecule has 80 valence electrons. The highest BCUT2D eigenvalue weighted by Crippen LogP contribution is 2.23. The summed E-state index contributed by atoms with van der Waals surface area (Å²) in [6.07, 6.45) is 1.70. The topological polar surface area (TPSA) is 25.2 Å². The molecule has 0 aromatic carbocycles. The standard InChI is InChI=1S/C11H12BrNOS/c1-8(10-3-2-5-14-10)13-7-11-9(12)4-6-15-11/h2-6,8,13H,7H2,1H3/t8-/m1/s1. The van der Waals surface area contributed by atoms with Crippen LogP contribution in [0.15, 0.2) is 38.7 Å². The highest BCUT2D eigenvalue weighted by Gasteiger charge is 2.08. The molecule has 0 fully saturated rings. The zero-order chi connectivity index (χ0) is 10.7. The van der Waals surface area contributed by atoms with Crippen LogP contribution < -0.4 is 5.32 Å². The number of nitrogens with one attached hydrogen (secondary N) is 1. The first kappa shape index (κ1) is 10.9. The van der Waals surface area contributed by atoms with E-state index in [1.807, 2.05) is 12.1 Å². The monoisotopic (exact) mass is 285 g/mol. The number of hydrogen-bond donors (Lipinski definition) is 1. The van der Waals surface area contributed by atoms with Gasteiger partial charge in [0.1, 0.15) is 5.76 Å². The van der Waals surface area contributed by atoms with Gasteiger partial charge in [-0.15, -0.1) is 11.3 Å². The van der Waals surface area contributed by atoms with Gasteiger partial charge in [-0.2, -0.15) is 0 Å². The number of thiophene rings is 1. The van der Waals surface area contributed by atoms with Gasteiger partial charge < -0.3 is 9.73 Å². The van der Waals surface area contributed by atoms with Crippen molar-refractivity contribution in [3.8, 4) is 0 Å². The summed E-state index contributed by atoms with van der Waals surface area (Å²) in [5.74, 6) is 0.975. The molecule has 0 amide bonds. The fourth-order valence-electron chi connectivity index (χ4n) is 1.34. The van der Waals surface area contributed by atoms with Crippen LogP contribution in [0.5, 0.6) is 0 Å². The molecule has 2 aromatic rings. The largest absolute Gasteiger partial charge is 0.468 e. The molecule has 1 N–H and O–H groups in total. The predicted molar refractivity (Wildman–Crippen MR) is 66.0 cm³/mol. The zero-order valence-corrected chi connectivity index (χ0v) is 10.8. The first-order chi connectivity index (χ1) is 7.27. The van der Waals surface area contributed by atoms with Crippen molar-refractivity contribution in [2.75, 3.05) is 0 Å². The molecule has 0 bridgehead atoms. The highest BCUT2D eigenvalue weighted by molar-refractivity contribution is 9.10. The number of halogens is 1. The van der Waals surface area contributed by atoms with Crippen LogP contribution in [-0.4, -0.2) is 0 Å². The van der Waals surface area contributed by atoms with Crippen molar-refractivity contribution in [3.05, 3.63) is 45.0 Å². The zero-order valence-electron chi connectivity index (χ0n) is 8.37. The number of rotatable bonds is 4. The third-order valence-corrected chi connectivity index (χ3v) is 4.16. The Bertz CT molecular complexity index is 410. The van der Waals surface area contributed by atoms with Gasteiger partial charge in [-0.25, -0.2) is 0 Å². The van der Waals surface area contributed by atoms with Gasteiger partial charge in [-0.05, 0) is 46.4 Å². The minimum absolute atomic E-state index is 0.244. The van der Waals surface area contributed by atoms with Gasteiger partial charge in [0.15, 0.2) is 0 Å². The van der Waals surface area contributed by atoms with Crippen molar-refractivity contribution >= 4 is 27.3 Å². The second-order valence-electron chi connectivity index (χ2n) is 3.31. The second-order valence-corrected chi connectivity index (χ2v) is 5.16. The van der Waals surface area contributed by atoms with Crippen LogP contribution in [0.25, 0.3) is 0 Å². The Labute approximate surface area is 101 Å². The number of furan rings is 1. The predicted octanol–water partition coefficient (Wildman–Crippen LogP) is 3.95. The van der Waals surface area contributed by atoms with Gasteiger partial charge in [-0.3, -0.25) is 0 Å². The quantitative estimate of drug-likeness (QED) is 0.920. The lowest BCUT2D eigenvalue weighted by atomic mass is 10.2. The molecule has 0 spiro atoms. The first-order valence-electron chi connectivity index (χ1n) is 4.76. The van der Waals surface area contributed by atoms with Crippen molar-refractivity contribution in [2.45, 2.75) is 19.5 Å². The lowest BCUT2D eigenvalue weighted by Gasteiger charge is -2.10. The first-order valence-corrected chi connectivity index (χ1v) is 6.43. The van der Waals surface area contributed by atoms with Gasteiger partial charge in [0.05, 0.1) is 12.3 Å². The van der Waals surface area contributed by atoms with Crippen molar-refractivity contribution in [1.29, 1.82) is 0 Å². The fourth-order valence-corrected chi connectivity index (χ4v) is 2.78. The minimum atomic E-state index is 0.244. The van der Waals surface area contributed by atoms with E-state index in [0.717, 1.165) is 12.3 Å². The molecule has 4 heteroatoms. The molecular weight excluding hydrogens is 274 g/mol. The SMILES string of the molecule is C[C@@H](NCc1sccc1Br)c1ccco1. The van der Waals surface area contributed by atoms with E-state index < -0.39 is 0 Å². The molecule has 2 nitrogen and oxygen atoms in total. The van der Waals surface area contributed by atoms with Gasteiger partial charge in [0.25, 0.3) is 0 Å². The van der Waals surface area contributed by atoms with Gasteiger partial charge >= 0.3 is 0 Å². The molecule has 0 saturated heterocycles. The van der Waals surface area contributed by atoms with E-state index in [1.54, 1.807) is 17.6 Å². The summed E-state index contributed by atoms with van der Waals surface area (Å²) in [5, 5.41) is 5.50. The van der Waals surface area contributed by atoms with E-state index in [-0.39, 0.29) is 6.04 Å². The molecule has 1 atom stereocenters. The Hall–Kier alpha value is -0.580. The molecule has 0 radical (unpaired) electrons. The maximum absolute atomic E-state index is 5.32. The molecule has 0 aliphatic heterocycles. The summed E-state index contributed by atoms with van der Waals surface area (Å²) < 4.78 is 6.50. The van der Waals surface area contributed by atoms with Crippen LogP contribution in [0.1, 0.15) is 23.6 Å². The maximum Gasteiger partial charge on any atom is 0.120 e. The summed E-state index contributed by atoms with van der Waals surface area (Å²) in [6, 6.07) is 6.21. The van der Waals surface area contributed by atoms with Crippen LogP contribution in [0, 0.1) is 0 Å². The van der Waals surface area contributed by atoms with Crippen LogP contribution in [0.4, 0.5) is 0 Å². The van der Waals surface area contributed by atoms with Crippen molar-refractivity contribution in [2.24, 2.45) is 0 Å². The molecule has 0 aliphatic rings. The van der Waals surface area contributed by atoms with Crippen molar-refractivity contribution < 1.29 is 4.42 Å². The van der Waals surface area contributed by atoms with Gasteiger partial charge in [0, 0.05) is 15.9 Å². The summed E-state index contributed by atoms with van der Waals surface area (Å²) >= 11 is 5.26. The van der Waals surface area contributed by atoms with Crippen LogP contribution in [0.2, 0.25) is 0 Å². The molecule has 0 unspecified atom stereocenters. The summed E-state index contributed by atoms with van der Waals surface area (Å²) in [5.41, 5.74) is 0. The smallest absolute Gasteiger partial charge is 0.120 e. The Balaban J connectivity index is 1.91. The molecule has 2 heterocycles. The normalized spacial score (nSPS) is 12.9. The third-order valence-electron chi connectivity index (χ3n) is 2.23. The minimum Gasteiger partial charge on any atom is -0.468 e. The van der Waals surface area contributed by atoms with Crippen LogP contribution in [-0.2, 0) is 6.54 Å². The Morgan fingerprint density at radius 2 is 2.40 bits per heavy atom. The fraction of sp³-hybridized carbons (Fsp3) is 0.273. The molecular formula is C11H12BrNOS. The van der Waals surface area contributed by atoms with Gasteiger partial charge in [-0.1, -0.05) is 0 Å². The van der Waals surface area contributed by atoms with Crippen molar-refractivity contribution in [1.82, 2.24) is 5.32 Å². The average molecular weight is 286 g/mol. The van der Waals surface area contributed by atoms with Crippen molar-refractivity contribution in [3.63, 3.8) is 0 Å². The maximum atomic E-state index is 5.32. The van der Waals surface area contributed by atoms with E-state index >= 15 is 0 Å².